The van der Waals surface area contributed by atoms with E-state index in [2.05, 4.69) is 28.9 Å². The highest BCUT2D eigenvalue weighted by atomic mass is 35.5. The van der Waals surface area contributed by atoms with Crippen LogP contribution in [0.5, 0.6) is 0 Å². The van der Waals surface area contributed by atoms with Crippen LogP contribution in [-0.4, -0.2) is 23.1 Å². The molecule has 1 aliphatic heterocycles. The minimum Gasteiger partial charge on any atom is -0.341 e. The molecule has 4 nitrogen and oxygen atoms in total. The third-order valence-electron chi connectivity index (χ3n) is 4.11. The van der Waals surface area contributed by atoms with E-state index in [9.17, 15) is 0 Å². The first kappa shape index (κ1) is 16.7. The quantitative estimate of drug-likeness (QED) is 0.943. The van der Waals surface area contributed by atoms with Gasteiger partial charge in [-0.15, -0.1) is 12.4 Å². The lowest BCUT2D eigenvalue weighted by Crippen LogP contribution is -2.34. The Morgan fingerprint density at radius 2 is 1.82 bits per heavy atom. The zero-order valence-corrected chi connectivity index (χ0v) is 13.7. The third-order valence-corrected chi connectivity index (χ3v) is 4.11. The van der Waals surface area contributed by atoms with Crippen LogP contribution in [0.2, 0.25) is 0 Å². The van der Waals surface area contributed by atoms with E-state index in [-0.39, 0.29) is 12.4 Å². The number of aromatic nitrogens is 2. The molecule has 118 valence electrons. The second kappa shape index (κ2) is 7.56. The van der Waals surface area contributed by atoms with Gasteiger partial charge in [0, 0.05) is 25.2 Å². The number of halogens is 1. The van der Waals surface area contributed by atoms with Crippen LogP contribution in [0, 0.1) is 5.92 Å². The standard InChI is InChI=1S/C17H22N4.ClH/c1-13-7-9-21(10-8-13)17-19-15(12-18)11-16(20-17)14-5-3-2-4-6-14;/h2-6,11,13H,7-10,12,18H2,1H3;1H. The van der Waals surface area contributed by atoms with Gasteiger partial charge in [-0.05, 0) is 24.8 Å². The van der Waals surface area contributed by atoms with Crippen molar-refractivity contribution in [1.82, 2.24) is 9.97 Å². The number of piperidine rings is 1. The Bertz CT molecular complexity index is 595. The highest BCUT2D eigenvalue weighted by Gasteiger charge is 2.19. The predicted molar refractivity (Wildman–Crippen MR) is 93.2 cm³/mol. The van der Waals surface area contributed by atoms with Crippen LogP contribution in [0.3, 0.4) is 0 Å². The van der Waals surface area contributed by atoms with E-state index < -0.39 is 0 Å². The molecule has 1 saturated heterocycles. The molecule has 0 unspecified atom stereocenters. The van der Waals surface area contributed by atoms with Crippen LogP contribution in [-0.2, 0) is 6.54 Å². The van der Waals surface area contributed by atoms with Crippen molar-refractivity contribution in [2.75, 3.05) is 18.0 Å². The Morgan fingerprint density at radius 3 is 2.45 bits per heavy atom. The first-order valence-corrected chi connectivity index (χ1v) is 7.64. The van der Waals surface area contributed by atoms with E-state index in [1.54, 1.807) is 0 Å². The van der Waals surface area contributed by atoms with E-state index in [0.717, 1.165) is 41.9 Å². The van der Waals surface area contributed by atoms with Crippen molar-refractivity contribution in [3.63, 3.8) is 0 Å². The molecule has 0 spiro atoms. The fourth-order valence-electron chi connectivity index (χ4n) is 2.69. The van der Waals surface area contributed by atoms with Gasteiger partial charge >= 0.3 is 0 Å². The van der Waals surface area contributed by atoms with Crippen molar-refractivity contribution >= 4 is 18.4 Å². The average Bonchev–Trinajstić information content (AvgIpc) is 2.56. The molecule has 0 bridgehead atoms. The van der Waals surface area contributed by atoms with Crippen LogP contribution in [0.4, 0.5) is 5.95 Å². The molecule has 3 rings (SSSR count). The Hall–Kier alpha value is -1.65. The number of nitrogens with two attached hydrogens (primary N) is 1. The first-order chi connectivity index (χ1) is 10.3. The van der Waals surface area contributed by atoms with Crippen LogP contribution >= 0.6 is 12.4 Å². The molecule has 0 saturated carbocycles. The number of hydrogen-bond acceptors (Lipinski definition) is 4. The van der Waals surface area contributed by atoms with Crippen molar-refractivity contribution in [3.8, 4) is 11.3 Å². The average molecular weight is 319 g/mol. The van der Waals surface area contributed by atoms with Gasteiger partial charge in [-0.25, -0.2) is 9.97 Å². The van der Waals surface area contributed by atoms with Crippen LogP contribution in [0.1, 0.15) is 25.5 Å². The number of benzene rings is 1. The zero-order chi connectivity index (χ0) is 14.7. The summed E-state index contributed by atoms with van der Waals surface area (Å²) < 4.78 is 0. The topological polar surface area (TPSA) is 55.0 Å². The summed E-state index contributed by atoms with van der Waals surface area (Å²) >= 11 is 0. The molecule has 2 aromatic rings. The smallest absolute Gasteiger partial charge is 0.226 e. The Labute approximate surface area is 138 Å². The molecule has 0 radical (unpaired) electrons. The fourth-order valence-corrected chi connectivity index (χ4v) is 2.69. The number of hydrogen-bond donors (Lipinski definition) is 1. The molecule has 22 heavy (non-hydrogen) atoms. The molecular weight excluding hydrogens is 296 g/mol. The molecule has 5 heteroatoms. The molecule has 1 aliphatic rings. The maximum absolute atomic E-state index is 5.81. The SMILES string of the molecule is CC1CCN(c2nc(CN)cc(-c3ccccc3)n2)CC1.Cl. The summed E-state index contributed by atoms with van der Waals surface area (Å²) in [6.07, 6.45) is 2.41. The van der Waals surface area contributed by atoms with Gasteiger partial charge in [-0.1, -0.05) is 37.3 Å². The summed E-state index contributed by atoms with van der Waals surface area (Å²) in [5, 5.41) is 0. The molecule has 1 aromatic carbocycles. The lowest BCUT2D eigenvalue weighted by atomic mass is 10.00. The van der Waals surface area contributed by atoms with Gasteiger partial charge in [-0.3, -0.25) is 0 Å². The minimum absolute atomic E-state index is 0. The van der Waals surface area contributed by atoms with Gasteiger partial charge in [0.15, 0.2) is 0 Å². The van der Waals surface area contributed by atoms with Gasteiger partial charge in [0.25, 0.3) is 0 Å². The molecule has 0 atom stereocenters. The molecule has 2 heterocycles. The normalized spacial score (nSPS) is 15.5. The number of anilines is 1. The summed E-state index contributed by atoms with van der Waals surface area (Å²) in [5.41, 5.74) is 8.78. The van der Waals surface area contributed by atoms with E-state index in [4.69, 9.17) is 10.7 Å². The summed E-state index contributed by atoms with van der Waals surface area (Å²) in [6.45, 7) is 4.82. The van der Waals surface area contributed by atoms with Crippen molar-refractivity contribution < 1.29 is 0 Å². The van der Waals surface area contributed by atoms with Gasteiger partial charge in [0.2, 0.25) is 5.95 Å². The highest BCUT2D eigenvalue weighted by Crippen LogP contribution is 2.24. The van der Waals surface area contributed by atoms with E-state index in [1.165, 1.54) is 12.8 Å². The van der Waals surface area contributed by atoms with Crippen molar-refractivity contribution in [2.45, 2.75) is 26.3 Å². The second-order valence-corrected chi connectivity index (χ2v) is 5.78. The lowest BCUT2D eigenvalue weighted by molar-refractivity contribution is 0.434. The summed E-state index contributed by atoms with van der Waals surface area (Å²) in [6, 6.07) is 12.2. The van der Waals surface area contributed by atoms with E-state index >= 15 is 0 Å². The number of nitrogens with zero attached hydrogens (tertiary/aromatic N) is 3. The minimum atomic E-state index is 0. The maximum atomic E-state index is 5.81. The first-order valence-electron chi connectivity index (χ1n) is 7.64. The monoisotopic (exact) mass is 318 g/mol. The Balaban J connectivity index is 0.00000176. The van der Waals surface area contributed by atoms with Crippen molar-refractivity contribution in [1.29, 1.82) is 0 Å². The van der Waals surface area contributed by atoms with E-state index in [1.807, 2.05) is 24.3 Å². The molecule has 1 aromatic heterocycles. The molecular formula is C17H23ClN4. The molecule has 0 aliphatic carbocycles. The van der Waals surface area contributed by atoms with Gasteiger partial charge in [-0.2, -0.15) is 0 Å². The third kappa shape index (κ3) is 3.76. The Kier molecular flexibility index (Phi) is 5.75. The molecule has 0 amide bonds. The summed E-state index contributed by atoms with van der Waals surface area (Å²) in [7, 11) is 0. The van der Waals surface area contributed by atoms with Gasteiger partial charge in [0.05, 0.1) is 11.4 Å². The van der Waals surface area contributed by atoms with Crippen molar-refractivity contribution in [2.24, 2.45) is 11.7 Å². The molecule has 2 N–H and O–H groups in total. The van der Waals surface area contributed by atoms with Gasteiger partial charge in [0.1, 0.15) is 0 Å². The van der Waals surface area contributed by atoms with Crippen LogP contribution in [0.15, 0.2) is 36.4 Å². The summed E-state index contributed by atoms with van der Waals surface area (Å²) in [4.78, 5) is 11.7. The molecule has 1 fully saturated rings. The predicted octanol–water partition coefficient (Wildman–Crippen LogP) is 3.26. The Morgan fingerprint density at radius 1 is 1.14 bits per heavy atom. The maximum Gasteiger partial charge on any atom is 0.226 e. The van der Waals surface area contributed by atoms with Crippen molar-refractivity contribution in [3.05, 3.63) is 42.1 Å². The summed E-state index contributed by atoms with van der Waals surface area (Å²) in [5.74, 6) is 1.62. The van der Waals surface area contributed by atoms with E-state index in [0.29, 0.717) is 6.54 Å². The highest BCUT2D eigenvalue weighted by molar-refractivity contribution is 5.85. The largest absolute Gasteiger partial charge is 0.341 e. The second-order valence-electron chi connectivity index (χ2n) is 5.78. The lowest BCUT2D eigenvalue weighted by Gasteiger charge is -2.30. The van der Waals surface area contributed by atoms with Crippen LogP contribution in [0.25, 0.3) is 11.3 Å². The van der Waals surface area contributed by atoms with Gasteiger partial charge < -0.3 is 10.6 Å². The van der Waals surface area contributed by atoms with Crippen LogP contribution < -0.4 is 10.6 Å². The zero-order valence-electron chi connectivity index (χ0n) is 12.9. The number of rotatable bonds is 3. The fraction of sp³-hybridized carbons (Fsp3) is 0.412.